The van der Waals surface area contributed by atoms with Crippen LogP contribution in [0.4, 0.5) is 0 Å². The minimum absolute atomic E-state index is 0.0287. The molecule has 0 amide bonds. The summed E-state index contributed by atoms with van der Waals surface area (Å²) in [5, 5.41) is 10.4. The molecule has 0 saturated carbocycles. The predicted octanol–water partition coefficient (Wildman–Crippen LogP) is 5.00. The molecule has 0 bridgehead atoms. The maximum absolute atomic E-state index is 13.3. The van der Waals surface area contributed by atoms with Crippen molar-refractivity contribution in [1.29, 1.82) is 0 Å². The molecule has 1 aliphatic heterocycles. The topological polar surface area (TPSA) is 76.1 Å². The summed E-state index contributed by atoms with van der Waals surface area (Å²) in [4.78, 5) is 28.8. The van der Waals surface area contributed by atoms with Gasteiger partial charge >= 0.3 is 0 Å². The number of Topliss-reactive ketones (excluding diaryl/α,β-unsaturated/α-hetero) is 2. The van der Waals surface area contributed by atoms with Crippen LogP contribution >= 0.6 is 15.9 Å². The van der Waals surface area contributed by atoms with Crippen molar-refractivity contribution in [3.63, 3.8) is 0 Å². The third kappa shape index (κ3) is 4.13. The summed E-state index contributed by atoms with van der Waals surface area (Å²) < 4.78 is 11.4. The van der Waals surface area contributed by atoms with Crippen LogP contribution in [0.1, 0.15) is 63.4 Å². The Morgan fingerprint density at radius 2 is 1.69 bits per heavy atom. The van der Waals surface area contributed by atoms with Gasteiger partial charge in [-0.25, -0.2) is 0 Å². The third-order valence-electron chi connectivity index (χ3n) is 6.50. The lowest BCUT2D eigenvalue weighted by molar-refractivity contribution is -0.117. The number of carbonyl (C=O) groups is 2. The van der Waals surface area contributed by atoms with Gasteiger partial charge in [0, 0.05) is 61.6 Å². The first kappa shape index (κ1) is 23.1. The summed E-state index contributed by atoms with van der Waals surface area (Å²) in [6, 6.07) is 3.61. The van der Waals surface area contributed by atoms with Crippen molar-refractivity contribution in [1.82, 2.24) is 4.90 Å². The zero-order valence-corrected chi connectivity index (χ0v) is 20.3. The largest absolute Gasteiger partial charge is 0.503 e. The molecule has 1 heterocycles. The summed E-state index contributed by atoms with van der Waals surface area (Å²) in [7, 11) is 1.69. The van der Waals surface area contributed by atoms with E-state index in [9.17, 15) is 14.7 Å². The lowest BCUT2D eigenvalue weighted by Gasteiger charge is -2.44. The second-order valence-electron chi connectivity index (χ2n) is 8.49. The summed E-state index contributed by atoms with van der Waals surface area (Å²) >= 11 is 3.44. The van der Waals surface area contributed by atoms with E-state index in [1.807, 2.05) is 13.0 Å². The number of rotatable bonds is 7. The minimum atomic E-state index is -0.421. The number of methoxy groups -OCH3 is 1. The standard InChI is InChI=1S/C25H30BrNO5/c1-3-32-21-14-15(13-16(26)25(21)30)22-23-17(7-4-9-19(23)28)27(11-6-12-31-2)18-8-5-10-20(29)24(18)22/h13-14,22,30H,3-12H2,1-2H3. The fourth-order valence-electron chi connectivity index (χ4n) is 5.21. The first-order chi connectivity index (χ1) is 15.5. The lowest BCUT2D eigenvalue weighted by atomic mass is 9.71. The van der Waals surface area contributed by atoms with Crippen molar-refractivity contribution < 1.29 is 24.2 Å². The Bertz CT molecular complexity index is 952. The number of nitrogens with zero attached hydrogens (tertiary/aromatic N) is 1. The van der Waals surface area contributed by atoms with Crippen molar-refractivity contribution in [3.05, 3.63) is 44.7 Å². The van der Waals surface area contributed by atoms with E-state index in [1.165, 1.54) is 0 Å². The van der Waals surface area contributed by atoms with Gasteiger partial charge in [0.2, 0.25) is 0 Å². The quantitative estimate of drug-likeness (QED) is 0.527. The first-order valence-electron chi connectivity index (χ1n) is 11.4. The van der Waals surface area contributed by atoms with Crippen LogP contribution < -0.4 is 4.74 Å². The predicted molar refractivity (Wildman–Crippen MR) is 125 cm³/mol. The van der Waals surface area contributed by atoms with Crippen LogP contribution in [0.25, 0.3) is 0 Å². The van der Waals surface area contributed by atoms with E-state index in [0.717, 1.165) is 66.8 Å². The van der Waals surface area contributed by atoms with E-state index < -0.39 is 5.92 Å². The molecule has 3 aliphatic rings. The number of aromatic hydroxyl groups is 1. The molecule has 2 aliphatic carbocycles. The molecule has 4 rings (SSSR count). The van der Waals surface area contributed by atoms with Gasteiger partial charge in [-0.1, -0.05) is 0 Å². The summed E-state index contributed by atoms with van der Waals surface area (Å²) in [5.74, 6) is 0.187. The highest BCUT2D eigenvalue weighted by atomic mass is 79.9. The fraction of sp³-hybridized carbons (Fsp3) is 0.520. The van der Waals surface area contributed by atoms with Gasteiger partial charge < -0.3 is 19.5 Å². The van der Waals surface area contributed by atoms with Gasteiger partial charge in [0.1, 0.15) is 0 Å². The van der Waals surface area contributed by atoms with Crippen molar-refractivity contribution in [3.8, 4) is 11.5 Å². The van der Waals surface area contributed by atoms with E-state index in [-0.39, 0.29) is 17.3 Å². The Labute approximate surface area is 197 Å². The van der Waals surface area contributed by atoms with Crippen LogP contribution in [-0.4, -0.2) is 48.4 Å². The third-order valence-corrected chi connectivity index (χ3v) is 7.11. The molecule has 0 aromatic heterocycles. The molecular formula is C25H30BrNO5. The maximum Gasteiger partial charge on any atom is 0.172 e. The second-order valence-corrected chi connectivity index (χ2v) is 9.34. The summed E-state index contributed by atoms with van der Waals surface area (Å²) in [6.45, 7) is 3.63. The number of ketones is 2. The fourth-order valence-corrected chi connectivity index (χ4v) is 5.67. The minimum Gasteiger partial charge on any atom is -0.503 e. The molecule has 0 spiro atoms. The van der Waals surface area contributed by atoms with Crippen LogP contribution in [0.5, 0.6) is 11.5 Å². The molecular weight excluding hydrogens is 474 g/mol. The Morgan fingerprint density at radius 1 is 1.06 bits per heavy atom. The number of hydrogen-bond donors (Lipinski definition) is 1. The molecule has 172 valence electrons. The zero-order valence-electron chi connectivity index (χ0n) is 18.7. The Hall–Kier alpha value is -2.12. The Balaban J connectivity index is 1.90. The number of benzene rings is 1. The molecule has 32 heavy (non-hydrogen) atoms. The number of allylic oxidation sites excluding steroid dienone is 4. The van der Waals surface area contributed by atoms with Crippen molar-refractivity contribution in [2.75, 3.05) is 26.9 Å². The van der Waals surface area contributed by atoms with E-state index in [1.54, 1.807) is 13.2 Å². The summed E-state index contributed by atoms with van der Waals surface area (Å²) in [5.41, 5.74) is 4.39. The Morgan fingerprint density at radius 3 is 2.25 bits per heavy atom. The number of halogens is 1. The molecule has 6 nitrogen and oxygen atoms in total. The first-order valence-corrected chi connectivity index (χ1v) is 12.2. The molecule has 0 saturated heterocycles. The molecule has 1 N–H and O–H groups in total. The van der Waals surface area contributed by atoms with E-state index >= 15 is 0 Å². The van der Waals surface area contributed by atoms with Gasteiger partial charge in [0.15, 0.2) is 23.1 Å². The molecule has 0 unspecified atom stereocenters. The molecule has 1 aromatic rings. The average Bonchev–Trinajstić information content (AvgIpc) is 2.77. The van der Waals surface area contributed by atoms with Crippen LogP contribution in [0.15, 0.2) is 39.1 Å². The summed E-state index contributed by atoms with van der Waals surface area (Å²) in [6.07, 6.45) is 5.12. The number of carbonyl (C=O) groups excluding carboxylic acids is 2. The maximum atomic E-state index is 13.3. The normalized spacial score (nSPS) is 19.4. The van der Waals surface area contributed by atoms with Gasteiger partial charge in [-0.3, -0.25) is 9.59 Å². The molecule has 0 radical (unpaired) electrons. The van der Waals surface area contributed by atoms with E-state index in [4.69, 9.17) is 9.47 Å². The number of phenolic OH excluding ortho intramolecular Hbond substituents is 1. The Kier molecular flexibility index (Phi) is 7.05. The molecule has 0 fully saturated rings. The highest BCUT2D eigenvalue weighted by Gasteiger charge is 2.43. The van der Waals surface area contributed by atoms with Gasteiger partial charge in [0.05, 0.1) is 11.1 Å². The highest BCUT2D eigenvalue weighted by Crippen LogP contribution is 2.51. The second kappa shape index (κ2) is 9.79. The van der Waals surface area contributed by atoms with Crippen molar-refractivity contribution >= 4 is 27.5 Å². The van der Waals surface area contributed by atoms with Crippen LogP contribution in [0, 0.1) is 0 Å². The van der Waals surface area contributed by atoms with Gasteiger partial charge in [-0.2, -0.15) is 0 Å². The molecule has 7 heteroatoms. The number of hydrogen-bond acceptors (Lipinski definition) is 6. The lowest BCUT2D eigenvalue weighted by Crippen LogP contribution is -2.39. The van der Waals surface area contributed by atoms with Crippen LogP contribution in [0.2, 0.25) is 0 Å². The smallest absolute Gasteiger partial charge is 0.172 e. The molecule has 1 aromatic carbocycles. The monoisotopic (exact) mass is 503 g/mol. The zero-order chi connectivity index (χ0) is 22.8. The van der Waals surface area contributed by atoms with Gasteiger partial charge in [-0.05, 0) is 72.7 Å². The van der Waals surface area contributed by atoms with E-state index in [0.29, 0.717) is 36.3 Å². The number of ether oxygens (including phenoxy) is 2. The molecule has 0 atom stereocenters. The van der Waals surface area contributed by atoms with Crippen molar-refractivity contribution in [2.24, 2.45) is 0 Å². The highest BCUT2D eigenvalue weighted by molar-refractivity contribution is 9.10. The SMILES string of the molecule is CCOc1cc(C2C3=C(CCCC3=O)N(CCCOC)C3=C2C(=O)CCC3)cc(Br)c1O. The van der Waals surface area contributed by atoms with Gasteiger partial charge in [0.25, 0.3) is 0 Å². The average molecular weight is 504 g/mol. The van der Waals surface area contributed by atoms with Crippen molar-refractivity contribution in [2.45, 2.75) is 57.8 Å². The number of phenols is 1. The van der Waals surface area contributed by atoms with Crippen LogP contribution in [-0.2, 0) is 14.3 Å². The van der Waals surface area contributed by atoms with Gasteiger partial charge in [-0.15, -0.1) is 0 Å². The van der Waals surface area contributed by atoms with E-state index in [2.05, 4.69) is 20.8 Å². The van der Waals surface area contributed by atoms with Crippen LogP contribution in [0.3, 0.4) is 0 Å².